The van der Waals surface area contributed by atoms with Gasteiger partial charge >= 0.3 is 0 Å². The number of halogens is 1. The van der Waals surface area contributed by atoms with E-state index < -0.39 is 4.92 Å². The van der Waals surface area contributed by atoms with E-state index >= 15 is 0 Å². The Bertz CT molecular complexity index is 1410. The lowest BCUT2D eigenvalue weighted by Gasteiger charge is -2.30. The maximum absolute atomic E-state index is 13.3. The van der Waals surface area contributed by atoms with Crippen molar-refractivity contribution in [3.63, 3.8) is 0 Å². The molecule has 0 saturated heterocycles. The molecule has 5 rings (SSSR count). The van der Waals surface area contributed by atoms with Crippen LogP contribution in [0.1, 0.15) is 5.76 Å². The van der Waals surface area contributed by atoms with E-state index in [9.17, 15) is 14.9 Å². The number of anilines is 2. The van der Waals surface area contributed by atoms with Crippen LogP contribution >= 0.6 is 23.4 Å². The van der Waals surface area contributed by atoms with Crippen LogP contribution in [0.5, 0.6) is 0 Å². The third-order valence-electron chi connectivity index (χ3n) is 5.09. The van der Waals surface area contributed by atoms with Crippen LogP contribution < -0.4 is 4.90 Å². The van der Waals surface area contributed by atoms with E-state index in [1.165, 1.54) is 18.2 Å². The number of nitrogens with zero attached hydrogens (tertiary/aromatic N) is 2. The first-order chi connectivity index (χ1) is 16.0. The Morgan fingerprint density at radius 3 is 2.52 bits per heavy atom. The van der Waals surface area contributed by atoms with Crippen molar-refractivity contribution in [1.82, 2.24) is 0 Å². The fourth-order valence-electron chi connectivity index (χ4n) is 3.54. The molecule has 0 aliphatic carbocycles. The number of nitro benzene ring substituents is 1. The third kappa shape index (κ3) is 4.16. The van der Waals surface area contributed by atoms with E-state index in [0.717, 1.165) is 21.2 Å². The molecule has 0 radical (unpaired) electrons. The van der Waals surface area contributed by atoms with Gasteiger partial charge in [-0.25, -0.2) is 0 Å². The largest absolute Gasteiger partial charge is 0.457 e. The van der Waals surface area contributed by atoms with Crippen LogP contribution in [0, 0.1) is 10.1 Å². The number of non-ortho nitro benzene ring substituents is 1. The van der Waals surface area contributed by atoms with Crippen molar-refractivity contribution < 1.29 is 14.1 Å². The summed E-state index contributed by atoms with van der Waals surface area (Å²) in [6.07, 6.45) is 3.06. The van der Waals surface area contributed by atoms with Crippen molar-refractivity contribution in [3.05, 3.63) is 106 Å². The van der Waals surface area contributed by atoms with Gasteiger partial charge in [-0.15, -0.1) is 0 Å². The number of benzene rings is 3. The number of carbonyl (C=O) groups excluding carboxylic acids is 1. The summed E-state index contributed by atoms with van der Waals surface area (Å²) in [5, 5.41) is 11.4. The molecular weight excluding hydrogens is 460 g/mol. The fourth-order valence-corrected chi connectivity index (χ4v) is 4.74. The summed E-state index contributed by atoms with van der Waals surface area (Å²) in [6, 6.07) is 22.8. The number of furan rings is 1. The second-order valence-electron chi connectivity index (χ2n) is 7.19. The van der Waals surface area contributed by atoms with Gasteiger partial charge in [-0.05, 0) is 60.7 Å². The zero-order valence-electron chi connectivity index (χ0n) is 17.0. The van der Waals surface area contributed by atoms with Crippen molar-refractivity contribution in [2.45, 2.75) is 9.79 Å². The van der Waals surface area contributed by atoms with E-state index in [2.05, 4.69) is 0 Å². The smallest absolute Gasteiger partial charge is 0.269 e. The summed E-state index contributed by atoms with van der Waals surface area (Å²) in [7, 11) is 0. The maximum atomic E-state index is 13.3. The van der Waals surface area contributed by atoms with Crippen LogP contribution in [-0.4, -0.2) is 10.8 Å². The molecule has 0 saturated carbocycles. The topological polar surface area (TPSA) is 76.6 Å². The molecule has 4 aromatic rings. The fraction of sp³-hybridized carbons (Fsp3) is 0. The first-order valence-electron chi connectivity index (χ1n) is 9.93. The number of fused-ring (bicyclic) bond motifs is 2. The van der Waals surface area contributed by atoms with Crippen molar-refractivity contribution in [2.75, 3.05) is 4.90 Å². The second-order valence-corrected chi connectivity index (χ2v) is 8.72. The number of nitro groups is 1. The summed E-state index contributed by atoms with van der Waals surface area (Å²) >= 11 is 7.81. The van der Waals surface area contributed by atoms with E-state index in [0.29, 0.717) is 22.1 Å². The molecule has 0 fully saturated rings. The molecular formula is C25H15ClN2O4S. The molecule has 1 amide bonds. The molecule has 0 unspecified atom stereocenters. The van der Waals surface area contributed by atoms with Gasteiger partial charge in [0.15, 0.2) is 0 Å². The molecule has 1 aromatic heterocycles. The highest BCUT2D eigenvalue weighted by molar-refractivity contribution is 7.99. The van der Waals surface area contributed by atoms with E-state index in [4.69, 9.17) is 16.0 Å². The molecule has 0 atom stereocenters. The molecule has 3 aromatic carbocycles. The zero-order valence-corrected chi connectivity index (χ0v) is 18.5. The Morgan fingerprint density at radius 1 is 0.970 bits per heavy atom. The summed E-state index contributed by atoms with van der Waals surface area (Å²) in [5.41, 5.74) is 2.23. The van der Waals surface area contributed by atoms with Crippen LogP contribution in [0.15, 0.2) is 99.1 Å². The quantitative estimate of drug-likeness (QED) is 0.175. The van der Waals surface area contributed by atoms with Gasteiger partial charge in [0.25, 0.3) is 11.6 Å². The highest BCUT2D eigenvalue weighted by atomic mass is 35.5. The van der Waals surface area contributed by atoms with Gasteiger partial charge in [-0.1, -0.05) is 35.5 Å². The van der Waals surface area contributed by atoms with Crippen LogP contribution in [-0.2, 0) is 4.79 Å². The molecule has 1 aliphatic rings. The highest BCUT2D eigenvalue weighted by Gasteiger charge is 2.27. The van der Waals surface area contributed by atoms with Crippen molar-refractivity contribution >= 4 is 52.4 Å². The molecule has 0 N–H and O–H groups in total. The summed E-state index contributed by atoms with van der Waals surface area (Å²) in [5.74, 6) is 0.802. The summed E-state index contributed by atoms with van der Waals surface area (Å²) < 4.78 is 5.81. The SMILES string of the molecule is O=C(/C=C/c1ccc(-c2ccc([N+](=O)[O-])cc2)o1)N1c2ccccc2Sc2ccc(Cl)cc21. The lowest BCUT2D eigenvalue weighted by molar-refractivity contribution is -0.384. The lowest BCUT2D eigenvalue weighted by atomic mass is 10.1. The highest BCUT2D eigenvalue weighted by Crippen LogP contribution is 2.48. The third-order valence-corrected chi connectivity index (χ3v) is 6.45. The van der Waals surface area contributed by atoms with Gasteiger partial charge < -0.3 is 4.42 Å². The monoisotopic (exact) mass is 474 g/mol. The van der Waals surface area contributed by atoms with Gasteiger partial charge in [0, 0.05) is 38.6 Å². The van der Waals surface area contributed by atoms with E-state index in [-0.39, 0.29) is 11.6 Å². The number of hydrogen-bond donors (Lipinski definition) is 0. The number of para-hydroxylation sites is 1. The number of carbonyl (C=O) groups is 1. The second kappa shape index (κ2) is 8.61. The molecule has 0 bridgehead atoms. The minimum Gasteiger partial charge on any atom is -0.457 e. The molecule has 8 heteroatoms. The summed E-state index contributed by atoms with van der Waals surface area (Å²) in [6.45, 7) is 0. The number of hydrogen-bond acceptors (Lipinski definition) is 5. The average Bonchev–Trinajstić information content (AvgIpc) is 3.30. The standard InChI is InChI=1S/C25H15ClN2O4S/c26-17-7-13-24-21(15-17)27(20-3-1-2-4-23(20)33-24)25(29)14-11-19-10-12-22(32-19)16-5-8-18(9-6-16)28(30)31/h1-15H/b14-11+. The first kappa shape index (κ1) is 21.1. The Hall–Kier alpha value is -3.81. The van der Waals surface area contributed by atoms with Gasteiger partial charge in [-0.2, -0.15) is 0 Å². The number of rotatable bonds is 4. The zero-order chi connectivity index (χ0) is 22.9. The van der Waals surface area contributed by atoms with Gasteiger partial charge in [0.05, 0.1) is 16.3 Å². The van der Waals surface area contributed by atoms with Crippen LogP contribution in [0.2, 0.25) is 5.02 Å². The Balaban J connectivity index is 1.42. The van der Waals surface area contributed by atoms with Crippen molar-refractivity contribution in [3.8, 4) is 11.3 Å². The van der Waals surface area contributed by atoms with Crippen LogP contribution in [0.3, 0.4) is 0 Å². The average molecular weight is 475 g/mol. The van der Waals surface area contributed by atoms with Gasteiger partial charge in [0.2, 0.25) is 0 Å². The number of amides is 1. The predicted molar refractivity (Wildman–Crippen MR) is 129 cm³/mol. The molecule has 33 heavy (non-hydrogen) atoms. The van der Waals surface area contributed by atoms with Crippen LogP contribution in [0.4, 0.5) is 17.1 Å². The predicted octanol–water partition coefficient (Wildman–Crippen LogP) is 7.35. The van der Waals surface area contributed by atoms with E-state index in [1.807, 2.05) is 36.4 Å². The maximum Gasteiger partial charge on any atom is 0.269 e. The minimum atomic E-state index is -0.450. The minimum absolute atomic E-state index is 0.0105. The molecule has 1 aliphatic heterocycles. The van der Waals surface area contributed by atoms with Crippen molar-refractivity contribution in [2.24, 2.45) is 0 Å². The normalized spacial score (nSPS) is 12.5. The summed E-state index contributed by atoms with van der Waals surface area (Å²) in [4.78, 5) is 27.2. The molecule has 6 nitrogen and oxygen atoms in total. The van der Waals surface area contributed by atoms with Gasteiger partial charge in [0.1, 0.15) is 11.5 Å². The van der Waals surface area contributed by atoms with Crippen molar-refractivity contribution in [1.29, 1.82) is 0 Å². The molecule has 0 spiro atoms. The Morgan fingerprint density at radius 2 is 1.73 bits per heavy atom. The Kier molecular flexibility index (Phi) is 5.50. The first-order valence-corrected chi connectivity index (χ1v) is 11.1. The molecule has 2 heterocycles. The van der Waals surface area contributed by atoms with Gasteiger partial charge in [-0.3, -0.25) is 19.8 Å². The van der Waals surface area contributed by atoms with E-state index in [1.54, 1.807) is 53.1 Å². The Labute approximate surface area is 198 Å². The lowest BCUT2D eigenvalue weighted by Crippen LogP contribution is -2.26. The van der Waals surface area contributed by atoms with Crippen LogP contribution in [0.25, 0.3) is 17.4 Å². The molecule has 162 valence electrons.